The van der Waals surface area contributed by atoms with E-state index in [1.807, 2.05) is 25.1 Å². The lowest BCUT2D eigenvalue weighted by Gasteiger charge is -2.30. The molecule has 0 saturated carbocycles. The normalized spacial score (nSPS) is 18.5. The summed E-state index contributed by atoms with van der Waals surface area (Å²) in [4.78, 5) is 14.8. The second-order valence-electron chi connectivity index (χ2n) is 6.69. The van der Waals surface area contributed by atoms with Crippen LogP contribution < -0.4 is 11.1 Å². The zero-order valence-corrected chi connectivity index (χ0v) is 16.1. The largest absolute Gasteiger partial charge is 0.353 e. The Morgan fingerprint density at radius 2 is 2.08 bits per heavy atom. The number of carbonyl (C=O) groups is 1. The highest BCUT2D eigenvalue weighted by atomic mass is 35.5. The number of hydrogen-bond donors (Lipinski definition) is 2. The maximum absolute atomic E-state index is 12.4. The Bertz CT molecular complexity index is 531. The number of rotatable bonds is 7. The van der Waals surface area contributed by atoms with Crippen LogP contribution >= 0.6 is 24.0 Å². The molecule has 1 heterocycles. The molecule has 3 N–H and O–H groups in total. The summed E-state index contributed by atoms with van der Waals surface area (Å²) in [5, 5.41) is 3.78. The predicted octanol–water partition coefficient (Wildman–Crippen LogP) is 3.53. The van der Waals surface area contributed by atoms with E-state index < -0.39 is 5.54 Å². The van der Waals surface area contributed by atoms with Crippen molar-refractivity contribution in [1.29, 1.82) is 0 Å². The third kappa shape index (κ3) is 5.62. The van der Waals surface area contributed by atoms with Gasteiger partial charge in [-0.2, -0.15) is 0 Å². The molecule has 0 aliphatic carbocycles. The number of likely N-dealkylation sites (tertiary alicyclic amines) is 1. The molecule has 0 bridgehead atoms. The minimum atomic E-state index is -0.807. The van der Waals surface area contributed by atoms with E-state index in [1.165, 1.54) is 12.8 Å². The van der Waals surface area contributed by atoms with Crippen LogP contribution in [0, 0.1) is 0 Å². The number of nitrogens with one attached hydrogen (secondary N) is 1. The number of nitrogens with zero attached hydrogens (tertiary/aromatic N) is 1. The smallest absolute Gasteiger partial charge is 0.239 e. The van der Waals surface area contributed by atoms with Crippen LogP contribution in [0.2, 0.25) is 5.02 Å². The third-order valence-corrected chi connectivity index (χ3v) is 4.79. The molecule has 24 heavy (non-hydrogen) atoms. The maximum Gasteiger partial charge on any atom is 0.239 e. The Kier molecular flexibility index (Phi) is 8.51. The van der Waals surface area contributed by atoms with Gasteiger partial charge in [-0.15, -0.1) is 12.4 Å². The van der Waals surface area contributed by atoms with Gasteiger partial charge in [0.15, 0.2) is 0 Å². The third-order valence-electron chi connectivity index (χ3n) is 4.56. The van der Waals surface area contributed by atoms with Crippen molar-refractivity contribution in [3.05, 3.63) is 34.9 Å². The van der Waals surface area contributed by atoms with Crippen molar-refractivity contribution in [3.8, 4) is 0 Å². The van der Waals surface area contributed by atoms with Gasteiger partial charge in [-0.1, -0.05) is 37.1 Å². The fraction of sp³-hybridized carbons (Fsp3) is 0.611. The van der Waals surface area contributed by atoms with Gasteiger partial charge in [0.05, 0.1) is 11.6 Å². The lowest BCUT2D eigenvalue weighted by Crippen LogP contribution is -2.53. The van der Waals surface area contributed by atoms with E-state index in [0.29, 0.717) is 13.0 Å². The van der Waals surface area contributed by atoms with Crippen molar-refractivity contribution in [2.24, 2.45) is 5.73 Å². The summed E-state index contributed by atoms with van der Waals surface area (Å²) in [6, 6.07) is 8.06. The number of amides is 1. The van der Waals surface area contributed by atoms with E-state index in [9.17, 15) is 4.79 Å². The molecule has 6 heteroatoms. The van der Waals surface area contributed by atoms with Gasteiger partial charge in [0.25, 0.3) is 0 Å². The van der Waals surface area contributed by atoms with Crippen LogP contribution in [0.3, 0.4) is 0 Å². The fourth-order valence-electron chi connectivity index (χ4n) is 3.25. The molecule has 2 rings (SSSR count). The van der Waals surface area contributed by atoms with Crippen LogP contribution in [0.15, 0.2) is 24.3 Å². The Hall–Kier alpha value is -0.810. The summed E-state index contributed by atoms with van der Waals surface area (Å²) >= 11 is 6.15. The van der Waals surface area contributed by atoms with E-state index >= 15 is 0 Å². The van der Waals surface area contributed by atoms with E-state index in [1.54, 1.807) is 6.92 Å². The summed E-state index contributed by atoms with van der Waals surface area (Å²) < 4.78 is 0. The average Bonchev–Trinajstić information content (AvgIpc) is 3.01. The highest BCUT2D eigenvalue weighted by Crippen LogP contribution is 2.26. The van der Waals surface area contributed by atoms with Crippen molar-refractivity contribution in [3.63, 3.8) is 0 Å². The molecule has 0 aromatic heterocycles. The monoisotopic (exact) mass is 373 g/mol. The van der Waals surface area contributed by atoms with Gasteiger partial charge in [0.1, 0.15) is 0 Å². The lowest BCUT2D eigenvalue weighted by molar-refractivity contribution is -0.126. The summed E-state index contributed by atoms with van der Waals surface area (Å²) in [5.41, 5.74) is 6.47. The van der Waals surface area contributed by atoms with E-state index in [0.717, 1.165) is 30.1 Å². The van der Waals surface area contributed by atoms with Crippen molar-refractivity contribution >= 4 is 29.9 Å². The Morgan fingerprint density at radius 3 is 2.67 bits per heavy atom. The zero-order valence-electron chi connectivity index (χ0n) is 14.6. The molecule has 2 atom stereocenters. The fourth-order valence-corrected chi connectivity index (χ4v) is 3.45. The molecule has 1 aromatic carbocycles. The summed E-state index contributed by atoms with van der Waals surface area (Å²) in [7, 11) is 0. The molecule has 2 unspecified atom stereocenters. The second-order valence-corrected chi connectivity index (χ2v) is 7.13. The van der Waals surface area contributed by atoms with Gasteiger partial charge in [-0.3, -0.25) is 9.69 Å². The van der Waals surface area contributed by atoms with Crippen LogP contribution in [0.5, 0.6) is 0 Å². The minimum Gasteiger partial charge on any atom is -0.353 e. The molecule has 0 spiro atoms. The molecule has 1 fully saturated rings. The molecule has 1 saturated heterocycles. The number of hydrogen-bond acceptors (Lipinski definition) is 3. The van der Waals surface area contributed by atoms with Crippen molar-refractivity contribution in [1.82, 2.24) is 10.2 Å². The van der Waals surface area contributed by atoms with Crippen LogP contribution in [0.1, 0.15) is 51.1 Å². The standard InChI is InChI=1S/C18H28ClN3O.ClH/c1-3-9-18(2,20)17(23)21-13-16(22-10-4-5-11-22)14-7-6-8-15(19)12-14;/h6-8,12,16H,3-5,9-11,13,20H2,1-2H3,(H,21,23);1H. The van der Waals surface area contributed by atoms with Gasteiger partial charge in [0, 0.05) is 11.6 Å². The van der Waals surface area contributed by atoms with Crippen LogP contribution in [-0.4, -0.2) is 36.0 Å². The molecule has 4 nitrogen and oxygen atoms in total. The van der Waals surface area contributed by atoms with Crippen molar-refractivity contribution in [2.45, 2.75) is 51.1 Å². The first kappa shape index (κ1) is 21.2. The maximum atomic E-state index is 12.4. The summed E-state index contributed by atoms with van der Waals surface area (Å²) in [6.07, 6.45) is 3.99. The molecule has 1 amide bonds. The molecule has 1 aliphatic heterocycles. The first-order chi connectivity index (χ1) is 10.9. The molecule has 1 aliphatic rings. The average molecular weight is 374 g/mol. The molecule has 0 radical (unpaired) electrons. The number of nitrogens with two attached hydrogens (primary N) is 1. The quantitative estimate of drug-likeness (QED) is 0.768. The topological polar surface area (TPSA) is 58.4 Å². The number of carbonyl (C=O) groups excluding carboxylic acids is 1. The van der Waals surface area contributed by atoms with Crippen molar-refractivity contribution in [2.75, 3.05) is 19.6 Å². The first-order valence-corrected chi connectivity index (χ1v) is 8.88. The summed E-state index contributed by atoms with van der Waals surface area (Å²) in [5.74, 6) is -0.0782. The van der Waals surface area contributed by atoms with Gasteiger partial charge in [-0.05, 0) is 57.0 Å². The van der Waals surface area contributed by atoms with Crippen LogP contribution in [0.25, 0.3) is 0 Å². The van der Waals surface area contributed by atoms with E-state index in [4.69, 9.17) is 17.3 Å². The molecule has 136 valence electrons. The number of halogens is 2. The summed E-state index contributed by atoms with van der Waals surface area (Å²) in [6.45, 7) is 6.52. The Morgan fingerprint density at radius 1 is 1.42 bits per heavy atom. The van der Waals surface area contributed by atoms with E-state index in [-0.39, 0.29) is 24.4 Å². The minimum absolute atomic E-state index is 0. The highest BCUT2D eigenvalue weighted by Gasteiger charge is 2.29. The molecule has 1 aromatic rings. The number of benzene rings is 1. The second kappa shape index (κ2) is 9.62. The van der Waals surface area contributed by atoms with Crippen LogP contribution in [0.4, 0.5) is 0 Å². The SMILES string of the molecule is CCCC(C)(N)C(=O)NCC(c1cccc(Cl)c1)N1CCCC1.Cl. The zero-order chi connectivity index (χ0) is 16.9. The highest BCUT2D eigenvalue weighted by molar-refractivity contribution is 6.30. The predicted molar refractivity (Wildman–Crippen MR) is 103 cm³/mol. The van der Waals surface area contributed by atoms with Crippen LogP contribution in [-0.2, 0) is 4.79 Å². The van der Waals surface area contributed by atoms with Gasteiger partial charge in [0.2, 0.25) is 5.91 Å². The van der Waals surface area contributed by atoms with Gasteiger partial charge in [-0.25, -0.2) is 0 Å². The Labute approximate surface area is 156 Å². The van der Waals surface area contributed by atoms with E-state index in [2.05, 4.69) is 16.3 Å². The Balaban J connectivity index is 0.00000288. The molecular formula is C18H29Cl2N3O. The molecular weight excluding hydrogens is 345 g/mol. The van der Waals surface area contributed by atoms with Crippen molar-refractivity contribution < 1.29 is 4.79 Å². The van der Waals surface area contributed by atoms with Gasteiger partial charge >= 0.3 is 0 Å². The lowest BCUT2D eigenvalue weighted by atomic mass is 9.96. The first-order valence-electron chi connectivity index (χ1n) is 8.50. The van der Waals surface area contributed by atoms with Gasteiger partial charge < -0.3 is 11.1 Å².